The third-order valence-electron chi connectivity index (χ3n) is 3.28. The van der Waals surface area contributed by atoms with Crippen LogP contribution in [0.25, 0.3) is 0 Å². The molecule has 21 heavy (non-hydrogen) atoms. The summed E-state index contributed by atoms with van der Waals surface area (Å²) < 4.78 is 6.05. The van der Waals surface area contributed by atoms with E-state index in [4.69, 9.17) is 4.74 Å². The van der Waals surface area contributed by atoms with Gasteiger partial charge in [0.25, 0.3) is 0 Å². The molecule has 0 spiro atoms. The number of hydrogen-bond acceptors (Lipinski definition) is 4. The minimum atomic E-state index is 0.303. The molecule has 0 saturated heterocycles. The van der Waals surface area contributed by atoms with Gasteiger partial charge < -0.3 is 10.1 Å². The Morgan fingerprint density at radius 2 is 1.95 bits per heavy atom. The van der Waals surface area contributed by atoms with Gasteiger partial charge in [0.05, 0.1) is 6.20 Å². The summed E-state index contributed by atoms with van der Waals surface area (Å²) in [6, 6.07) is 8.07. The van der Waals surface area contributed by atoms with Crippen molar-refractivity contribution in [2.45, 2.75) is 39.7 Å². The lowest BCUT2D eigenvalue weighted by molar-refractivity contribution is 0.459. The van der Waals surface area contributed by atoms with Crippen LogP contribution in [-0.2, 0) is 13.0 Å². The van der Waals surface area contributed by atoms with Crippen LogP contribution >= 0.6 is 0 Å². The Morgan fingerprint density at radius 3 is 2.62 bits per heavy atom. The number of rotatable bonds is 6. The number of benzene rings is 1. The maximum Gasteiger partial charge on any atom is 0.168 e. The molecule has 0 fully saturated rings. The first-order chi connectivity index (χ1) is 10.2. The molecule has 0 bridgehead atoms. The van der Waals surface area contributed by atoms with Crippen LogP contribution in [0, 0.1) is 0 Å². The quantitative estimate of drug-likeness (QED) is 0.879. The highest BCUT2D eigenvalue weighted by Gasteiger charge is 2.12. The Bertz CT molecular complexity index is 596. The van der Waals surface area contributed by atoms with Crippen LogP contribution in [0.2, 0.25) is 0 Å². The van der Waals surface area contributed by atoms with Crippen molar-refractivity contribution in [2.24, 2.45) is 0 Å². The predicted octanol–water partition coefficient (Wildman–Crippen LogP) is 3.67. The topological polar surface area (TPSA) is 47.0 Å². The van der Waals surface area contributed by atoms with Gasteiger partial charge in [-0.25, -0.2) is 9.97 Å². The molecular weight excluding hydrogens is 262 g/mol. The number of aryl methyl sites for hydroxylation is 1. The smallest absolute Gasteiger partial charge is 0.168 e. The maximum absolute atomic E-state index is 6.05. The monoisotopic (exact) mass is 285 g/mol. The standard InChI is InChI=1S/C17H23N3O/c1-5-13-8-6-7-9-15(13)21-16-11-19-17(12(2)3)20-14(16)10-18-4/h6-9,11-12,18H,5,10H2,1-4H3. The summed E-state index contributed by atoms with van der Waals surface area (Å²) in [5.74, 6) is 2.74. The molecule has 0 aliphatic rings. The van der Waals surface area contributed by atoms with Crippen molar-refractivity contribution in [2.75, 3.05) is 7.05 Å². The van der Waals surface area contributed by atoms with Gasteiger partial charge in [0.2, 0.25) is 0 Å². The fourth-order valence-corrected chi connectivity index (χ4v) is 2.09. The first kappa shape index (κ1) is 15.4. The predicted molar refractivity (Wildman–Crippen MR) is 84.8 cm³/mol. The second kappa shape index (κ2) is 7.18. The van der Waals surface area contributed by atoms with E-state index in [1.54, 1.807) is 6.20 Å². The zero-order valence-corrected chi connectivity index (χ0v) is 13.2. The van der Waals surface area contributed by atoms with E-state index in [0.717, 1.165) is 29.4 Å². The van der Waals surface area contributed by atoms with E-state index in [0.29, 0.717) is 12.5 Å². The average molecular weight is 285 g/mol. The molecule has 0 atom stereocenters. The molecule has 2 aromatic rings. The van der Waals surface area contributed by atoms with Crippen LogP contribution in [0.4, 0.5) is 0 Å². The molecule has 0 aliphatic heterocycles. The number of nitrogens with zero attached hydrogens (tertiary/aromatic N) is 2. The molecule has 0 radical (unpaired) electrons. The highest BCUT2D eigenvalue weighted by molar-refractivity contribution is 5.38. The Kier molecular flexibility index (Phi) is 5.28. The lowest BCUT2D eigenvalue weighted by atomic mass is 10.1. The SMILES string of the molecule is CCc1ccccc1Oc1cnc(C(C)C)nc1CNC. The van der Waals surface area contributed by atoms with Crippen molar-refractivity contribution in [3.05, 3.63) is 47.5 Å². The summed E-state index contributed by atoms with van der Waals surface area (Å²) in [5, 5.41) is 3.13. The second-order valence-electron chi connectivity index (χ2n) is 5.29. The van der Waals surface area contributed by atoms with Gasteiger partial charge in [-0.05, 0) is 25.1 Å². The van der Waals surface area contributed by atoms with Crippen LogP contribution in [0.15, 0.2) is 30.5 Å². The Hall–Kier alpha value is -1.94. The van der Waals surface area contributed by atoms with E-state index < -0.39 is 0 Å². The van der Waals surface area contributed by atoms with Crippen LogP contribution in [0.1, 0.15) is 43.8 Å². The van der Waals surface area contributed by atoms with Gasteiger partial charge in [0.15, 0.2) is 5.75 Å². The van der Waals surface area contributed by atoms with Crippen molar-refractivity contribution in [1.82, 2.24) is 15.3 Å². The Labute approximate surface area is 126 Å². The number of nitrogens with one attached hydrogen (secondary N) is 1. The van der Waals surface area contributed by atoms with Crippen LogP contribution < -0.4 is 10.1 Å². The molecule has 0 amide bonds. The second-order valence-corrected chi connectivity index (χ2v) is 5.29. The van der Waals surface area contributed by atoms with Crippen LogP contribution in [0.3, 0.4) is 0 Å². The van der Waals surface area contributed by atoms with Crippen LogP contribution in [0.5, 0.6) is 11.5 Å². The lowest BCUT2D eigenvalue weighted by Gasteiger charge is -2.14. The van der Waals surface area contributed by atoms with E-state index in [1.807, 2.05) is 25.2 Å². The average Bonchev–Trinajstić information content (AvgIpc) is 2.49. The minimum absolute atomic E-state index is 0.303. The van der Waals surface area contributed by atoms with Crippen molar-refractivity contribution < 1.29 is 4.74 Å². The first-order valence-corrected chi connectivity index (χ1v) is 7.41. The van der Waals surface area contributed by atoms with E-state index >= 15 is 0 Å². The summed E-state index contributed by atoms with van der Waals surface area (Å²) >= 11 is 0. The van der Waals surface area contributed by atoms with Gasteiger partial charge in [-0.15, -0.1) is 0 Å². The molecule has 1 heterocycles. The van der Waals surface area contributed by atoms with Gasteiger partial charge in [-0.1, -0.05) is 39.0 Å². The third kappa shape index (κ3) is 3.79. The van der Waals surface area contributed by atoms with Crippen LogP contribution in [-0.4, -0.2) is 17.0 Å². The number of aromatic nitrogens is 2. The Morgan fingerprint density at radius 1 is 1.19 bits per heavy atom. The molecule has 4 nitrogen and oxygen atoms in total. The summed E-state index contributed by atoms with van der Waals surface area (Å²) in [6.45, 7) is 6.96. The van der Waals surface area contributed by atoms with E-state index in [2.05, 4.69) is 42.1 Å². The maximum atomic E-state index is 6.05. The molecule has 1 N–H and O–H groups in total. The number of hydrogen-bond donors (Lipinski definition) is 1. The highest BCUT2D eigenvalue weighted by Crippen LogP contribution is 2.28. The lowest BCUT2D eigenvalue weighted by Crippen LogP contribution is -2.11. The zero-order valence-electron chi connectivity index (χ0n) is 13.2. The summed E-state index contributed by atoms with van der Waals surface area (Å²) in [4.78, 5) is 9.02. The normalized spacial score (nSPS) is 10.9. The molecule has 0 unspecified atom stereocenters. The molecule has 1 aromatic heterocycles. The molecule has 112 valence electrons. The molecular formula is C17H23N3O. The molecule has 0 aliphatic carbocycles. The largest absolute Gasteiger partial charge is 0.453 e. The first-order valence-electron chi connectivity index (χ1n) is 7.41. The van der Waals surface area contributed by atoms with Gasteiger partial charge in [-0.2, -0.15) is 0 Å². The number of para-hydroxylation sites is 1. The summed E-state index contributed by atoms with van der Waals surface area (Å²) in [7, 11) is 1.90. The molecule has 4 heteroatoms. The highest BCUT2D eigenvalue weighted by atomic mass is 16.5. The molecule has 0 saturated carbocycles. The van der Waals surface area contributed by atoms with Crippen molar-refractivity contribution >= 4 is 0 Å². The molecule has 2 rings (SSSR count). The summed E-state index contributed by atoms with van der Waals surface area (Å²) in [6.07, 6.45) is 2.71. The van der Waals surface area contributed by atoms with E-state index in [-0.39, 0.29) is 0 Å². The third-order valence-corrected chi connectivity index (χ3v) is 3.28. The fourth-order valence-electron chi connectivity index (χ4n) is 2.09. The van der Waals surface area contributed by atoms with Crippen molar-refractivity contribution in [3.63, 3.8) is 0 Å². The van der Waals surface area contributed by atoms with E-state index in [9.17, 15) is 0 Å². The fraction of sp³-hybridized carbons (Fsp3) is 0.412. The van der Waals surface area contributed by atoms with Crippen molar-refractivity contribution in [3.8, 4) is 11.5 Å². The van der Waals surface area contributed by atoms with Gasteiger partial charge in [0, 0.05) is 12.5 Å². The minimum Gasteiger partial charge on any atom is -0.453 e. The molecule has 1 aromatic carbocycles. The Balaban J connectivity index is 2.34. The van der Waals surface area contributed by atoms with E-state index in [1.165, 1.54) is 5.56 Å². The zero-order chi connectivity index (χ0) is 15.2. The van der Waals surface area contributed by atoms with Gasteiger partial charge in [-0.3, -0.25) is 0 Å². The van der Waals surface area contributed by atoms with Gasteiger partial charge >= 0.3 is 0 Å². The van der Waals surface area contributed by atoms with Gasteiger partial charge in [0.1, 0.15) is 17.3 Å². The number of ether oxygens (including phenoxy) is 1. The summed E-state index contributed by atoms with van der Waals surface area (Å²) in [5.41, 5.74) is 2.07. The van der Waals surface area contributed by atoms with Crippen molar-refractivity contribution in [1.29, 1.82) is 0 Å².